The highest BCUT2D eigenvalue weighted by Gasteiger charge is 2.39. The summed E-state index contributed by atoms with van der Waals surface area (Å²) >= 11 is 0. The van der Waals surface area contributed by atoms with Crippen molar-refractivity contribution in [3.63, 3.8) is 0 Å². The number of aryl methyl sites for hydroxylation is 2. The lowest BCUT2D eigenvalue weighted by atomic mass is 9.87. The molecule has 0 unspecified atom stereocenters. The summed E-state index contributed by atoms with van der Waals surface area (Å²) in [6, 6.07) is 4.87. The number of furan rings is 1. The summed E-state index contributed by atoms with van der Waals surface area (Å²) in [6.45, 7) is 0. The van der Waals surface area contributed by atoms with E-state index in [0.29, 0.717) is 0 Å². The quantitative estimate of drug-likeness (QED) is 0.150. The highest BCUT2D eigenvalue weighted by molar-refractivity contribution is 6.29. The Hall–Kier alpha value is -5.26. The lowest BCUT2D eigenvalue weighted by Gasteiger charge is -2.17. The summed E-state index contributed by atoms with van der Waals surface area (Å²) in [6.07, 6.45) is 0.0319. The molecule has 0 bridgehead atoms. The minimum absolute atomic E-state index is 0.00909. The highest BCUT2D eigenvalue weighted by Crippen LogP contribution is 2.44. The normalized spacial score (nSPS) is 12.4. The number of rotatable bonds is 5. The third-order valence-corrected chi connectivity index (χ3v) is 6.26. The number of ether oxygens (including phenoxy) is 2. The third-order valence-electron chi connectivity index (χ3n) is 6.26. The number of esters is 1. The molecule has 0 spiro atoms. The molecular weight excluding hydrogens is 504 g/mol. The molecule has 4 aromatic rings. The van der Waals surface area contributed by atoms with Gasteiger partial charge in [0.2, 0.25) is 17.3 Å². The topological polar surface area (TPSA) is 194 Å². The van der Waals surface area contributed by atoms with Crippen LogP contribution in [0.1, 0.15) is 53.9 Å². The van der Waals surface area contributed by atoms with Crippen molar-refractivity contribution in [2.24, 2.45) is 0 Å². The van der Waals surface area contributed by atoms with E-state index in [0.717, 1.165) is 13.2 Å². The molecule has 1 aliphatic rings. The smallest absolute Gasteiger partial charge is 0.374 e. The van der Waals surface area contributed by atoms with Crippen molar-refractivity contribution in [3.8, 4) is 28.7 Å². The molecule has 194 valence electrons. The van der Waals surface area contributed by atoms with Crippen molar-refractivity contribution in [3.05, 3.63) is 74.2 Å². The second kappa shape index (κ2) is 8.69. The Labute approximate surface area is 211 Å². The van der Waals surface area contributed by atoms with Crippen LogP contribution in [0.2, 0.25) is 0 Å². The fourth-order valence-electron chi connectivity index (χ4n) is 4.43. The Morgan fingerprint density at radius 2 is 1.58 bits per heavy atom. The van der Waals surface area contributed by atoms with Crippen LogP contribution in [-0.2, 0) is 17.6 Å². The number of hydrogen-bond acceptors (Lipinski definition) is 12. The number of carbonyl (C=O) groups excluding carboxylic acids is 3. The lowest BCUT2D eigenvalue weighted by molar-refractivity contribution is 0.0560. The Morgan fingerprint density at radius 3 is 2.26 bits per heavy atom. The number of phenols is 4. The van der Waals surface area contributed by atoms with E-state index in [1.165, 1.54) is 25.3 Å². The van der Waals surface area contributed by atoms with Gasteiger partial charge < -0.3 is 38.7 Å². The molecule has 12 heteroatoms. The number of fused-ring (bicyclic) bond motifs is 3. The van der Waals surface area contributed by atoms with E-state index in [2.05, 4.69) is 4.74 Å². The molecule has 0 saturated heterocycles. The number of carbonyl (C=O) groups is 3. The van der Waals surface area contributed by atoms with Crippen LogP contribution in [0.3, 0.4) is 0 Å². The largest absolute Gasteiger partial charge is 0.507 e. The second-order valence-corrected chi connectivity index (χ2v) is 8.40. The van der Waals surface area contributed by atoms with Crippen molar-refractivity contribution in [2.75, 3.05) is 14.2 Å². The van der Waals surface area contributed by atoms with Gasteiger partial charge in [0.1, 0.15) is 16.9 Å². The fraction of sp³-hybridized carbons (Fsp3) is 0.154. The highest BCUT2D eigenvalue weighted by atomic mass is 16.5. The SMILES string of the molecule is COC(=O)c1cc2cc(CCc3cc4c(o3)C(=O)c3c(O)c(OC)cc(O)c3C4=O)c(O)c(O)c2c(=O)o1. The summed E-state index contributed by atoms with van der Waals surface area (Å²) in [4.78, 5) is 50.1. The number of phenolic OH excluding ortho intramolecular Hbond substituents is 4. The Balaban J connectivity index is 1.50. The number of hydrogen-bond donors (Lipinski definition) is 4. The van der Waals surface area contributed by atoms with Crippen molar-refractivity contribution in [1.82, 2.24) is 0 Å². The summed E-state index contributed by atoms with van der Waals surface area (Å²) in [5, 5.41) is 41.3. The zero-order chi connectivity index (χ0) is 27.5. The van der Waals surface area contributed by atoms with E-state index in [-0.39, 0.29) is 57.6 Å². The number of aromatic hydroxyl groups is 4. The minimum atomic E-state index is -1.05. The van der Waals surface area contributed by atoms with Gasteiger partial charge in [0.05, 0.1) is 30.9 Å². The zero-order valence-electron chi connectivity index (χ0n) is 19.8. The number of benzene rings is 2. The number of ketones is 2. The summed E-state index contributed by atoms with van der Waals surface area (Å²) in [5.41, 5.74) is -1.85. The summed E-state index contributed by atoms with van der Waals surface area (Å²) < 4.78 is 19.9. The van der Waals surface area contributed by atoms with Gasteiger partial charge in [-0.25, -0.2) is 9.59 Å². The lowest BCUT2D eigenvalue weighted by Crippen LogP contribution is -2.19. The molecule has 2 aromatic heterocycles. The van der Waals surface area contributed by atoms with Crippen molar-refractivity contribution < 1.29 is 53.1 Å². The third kappa shape index (κ3) is 3.53. The van der Waals surface area contributed by atoms with E-state index in [9.17, 15) is 39.6 Å². The molecule has 38 heavy (non-hydrogen) atoms. The molecule has 2 heterocycles. The van der Waals surface area contributed by atoms with Gasteiger partial charge in [0, 0.05) is 12.5 Å². The molecule has 0 fully saturated rings. The maximum Gasteiger partial charge on any atom is 0.374 e. The molecule has 0 atom stereocenters. The molecule has 1 aliphatic carbocycles. The van der Waals surface area contributed by atoms with Crippen LogP contribution in [0, 0.1) is 0 Å². The molecule has 5 rings (SSSR count). The first-order valence-corrected chi connectivity index (χ1v) is 11.0. The van der Waals surface area contributed by atoms with Crippen LogP contribution in [-0.4, -0.2) is 52.2 Å². The van der Waals surface area contributed by atoms with Crippen molar-refractivity contribution >= 4 is 28.3 Å². The van der Waals surface area contributed by atoms with Crippen LogP contribution in [0.5, 0.6) is 28.7 Å². The first-order valence-electron chi connectivity index (χ1n) is 11.0. The van der Waals surface area contributed by atoms with Gasteiger partial charge in [-0.1, -0.05) is 0 Å². The average molecular weight is 522 g/mol. The zero-order valence-corrected chi connectivity index (χ0v) is 19.8. The van der Waals surface area contributed by atoms with E-state index < -0.39 is 57.5 Å². The summed E-state index contributed by atoms with van der Waals surface area (Å²) in [7, 11) is 2.32. The molecule has 0 radical (unpaired) electrons. The van der Waals surface area contributed by atoms with Crippen LogP contribution in [0.25, 0.3) is 10.8 Å². The van der Waals surface area contributed by atoms with Gasteiger partial charge in [-0.3, -0.25) is 9.59 Å². The summed E-state index contributed by atoms with van der Waals surface area (Å²) in [5.74, 6) is -5.80. The standard InChI is InChI=1S/C26H18O12/c1-35-14-8-13(27)17-18(21(14)30)23(32)24-12(20(17)29)7-11(37-24)4-3-9-5-10-6-15(25(33)36-2)38-26(34)16(10)22(31)19(9)28/h5-8,27-28,30-31H,3-4H2,1-2H3. The van der Waals surface area contributed by atoms with Crippen molar-refractivity contribution in [1.29, 1.82) is 0 Å². The maximum absolute atomic E-state index is 13.0. The van der Waals surface area contributed by atoms with Crippen LogP contribution in [0.15, 0.2) is 37.9 Å². The monoisotopic (exact) mass is 522 g/mol. The Bertz CT molecular complexity index is 1750. The van der Waals surface area contributed by atoms with Gasteiger partial charge in [-0.05, 0) is 35.6 Å². The van der Waals surface area contributed by atoms with Crippen molar-refractivity contribution in [2.45, 2.75) is 12.8 Å². The molecule has 2 aromatic carbocycles. The average Bonchev–Trinajstić information content (AvgIpc) is 3.33. The van der Waals surface area contributed by atoms with E-state index in [1.54, 1.807) is 0 Å². The van der Waals surface area contributed by atoms with Crippen LogP contribution in [0.4, 0.5) is 0 Å². The van der Waals surface area contributed by atoms with E-state index in [1.807, 2.05) is 0 Å². The predicted octanol–water partition coefficient (Wildman–Crippen LogP) is 2.56. The van der Waals surface area contributed by atoms with Gasteiger partial charge >= 0.3 is 11.6 Å². The van der Waals surface area contributed by atoms with Gasteiger partial charge in [0.25, 0.3) is 0 Å². The molecule has 12 nitrogen and oxygen atoms in total. The van der Waals surface area contributed by atoms with E-state index >= 15 is 0 Å². The molecule has 0 aliphatic heterocycles. The number of methoxy groups -OCH3 is 2. The van der Waals surface area contributed by atoms with Crippen LogP contribution < -0.4 is 10.4 Å². The van der Waals surface area contributed by atoms with E-state index in [4.69, 9.17) is 13.6 Å². The minimum Gasteiger partial charge on any atom is -0.507 e. The van der Waals surface area contributed by atoms with Gasteiger partial charge in [0.15, 0.2) is 28.8 Å². The van der Waals surface area contributed by atoms with Gasteiger partial charge in [-0.2, -0.15) is 0 Å². The maximum atomic E-state index is 13.0. The van der Waals surface area contributed by atoms with Gasteiger partial charge in [-0.15, -0.1) is 0 Å². The first-order chi connectivity index (χ1) is 18.1. The molecule has 0 amide bonds. The predicted molar refractivity (Wildman–Crippen MR) is 126 cm³/mol. The Morgan fingerprint density at radius 1 is 0.842 bits per heavy atom. The fourth-order valence-corrected chi connectivity index (χ4v) is 4.43. The molecule has 4 N–H and O–H groups in total. The first kappa shape index (κ1) is 24.4. The molecule has 0 saturated carbocycles. The second-order valence-electron chi connectivity index (χ2n) is 8.40. The molecular formula is C26H18O12. The Kier molecular flexibility index (Phi) is 5.59. The van der Waals surface area contributed by atoms with Crippen LogP contribution >= 0.6 is 0 Å².